The van der Waals surface area contributed by atoms with E-state index in [1.54, 1.807) is 7.11 Å². The van der Waals surface area contributed by atoms with Crippen molar-refractivity contribution in [3.8, 4) is 0 Å². The van der Waals surface area contributed by atoms with Crippen molar-refractivity contribution in [3.63, 3.8) is 0 Å². The Bertz CT molecular complexity index is 363. The van der Waals surface area contributed by atoms with Gasteiger partial charge < -0.3 is 10.1 Å². The molecule has 0 amide bonds. The molecular weight excluding hydrogens is 278 g/mol. The lowest BCUT2D eigenvalue weighted by Gasteiger charge is -2.38. The molecule has 0 aromatic heterocycles. The summed E-state index contributed by atoms with van der Waals surface area (Å²) in [5.41, 5.74) is 1.45. The zero-order valence-electron chi connectivity index (χ0n) is 10.4. The summed E-state index contributed by atoms with van der Waals surface area (Å²) in [6.45, 7) is 2.96. The van der Waals surface area contributed by atoms with Crippen molar-refractivity contribution >= 4 is 15.9 Å². The standard InChI is InChI=1S/C14H20BrNO/c1-10(9-17-2)16-12-7-11(8-12)13-5-3-4-6-14(13)15/h3-6,10-12,16H,7-9H2,1-2H3. The molecule has 0 saturated heterocycles. The zero-order valence-corrected chi connectivity index (χ0v) is 12.0. The number of ether oxygens (including phenoxy) is 1. The minimum atomic E-state index is 0.449. The van der Waals surface area contributed by atoms with Gasteiger partial charge in [0.05, 0.1) is 6.61 Å². The van der Waals surface area contributed by atoms with Gasteiger partial charge in [-0.3, -0.25) is 0 Å². The van der Waals surface area contributed by atoms with E-state index in [9.17, 15) is 0 Å². The molecule has 1 N–H and O–H groups in total. The largest absolute Gasteiger partial charge is 0.383 e. The maximum absolute atomic E-state index is 5.13. The van der Waals surface area contributed by atoms with Crippen LogP contribution in [0.4, 0.5) is 0 Å². The van der Waals surface area contributed by atoms with Crippen molar-refractivity contribution in [2.24, 2.45) is 0 Å². The molecule has 1 aliphatic carbocycles. The Labute approximate surface area is 112 Å². The van der Waals surface area contributed by atoms with Gasteiger partial charge in [0.15, 0.2) is 0 Å². The molecule has 0 spiro atoms. The minimum Gasteiger partial charge on any atom is -0.383 e. The van der Waals surface area contributed by atoms with Gasteiger partial charge >= 0.3 is 0 Å². The smallest absolute Gasteiger partial charge is 0.0613 e. The molecule has 94 valence electrons. The van der Waals surface area contributed by atoms with E-state index in [0.29, 0.717) is 18.0 Å². The Balaban J connectivity index is 1.81. The fourth-order valence-corrected chi connectivity index (χ4v) is 3.12. The second kappa shape index (κ2) is 5.98. The van der Waals surface area contributed by atoms with Crippen LogP contribution < -0.4 is 5.32 Å². The number of nitrogens with one attached hydrogen (secondary N) is 1. The number of halogens is 1. The van der Waals surface area contributed by atoms with Crippen LogP contribution in [-0.4, -0.2) is 25.8 Å². The second-order valence-corrected chi connectivity index (χ2v) is 5.76. The lowest BCUT2D eigenvalue weighted by atomic mass is 9.75. The molecule has 1 fully saturated rings. The first-order valence-electron chi connectivity index (χ1n) is 6.20. The van der Waals surface area contributed by atoms with Gasteiger partial charge in [-0.25, -0.2) is 0 Å². The van der Waals surface area contributed by atoms with Crippen LogP contribution in [0.2, 0.25) is 0 Å². The average Bonchev–Trinajstić information content (AvgIpc) is 2.25. The van der Waals surface area contributed by atoms with E-state index in [2.05, 4.69) is 52.4 Å². The van der Waals surface area contributed by atoms with Crippen LogP contribution in [0.3, 0.4) is 0 Å². The normalized spacial score (nSPS) is 25.4. The van der Waals surface area contributed by atoms with Crippen molar-refractivity contribution < 1.29 is 4.74 Å². The van der Waals surface area contributed by atoms with E-state index in [1.165, 1.54) is 22.9 Å². The Hall–Kier alpha value is -0.380. The first-order chi connectivity index (χ1) is 8.20. The fourth-order valence-electron chi connectivity index (χ4n) is 2.51. The third kappa shape index (κ3) is 3.30. The van der Waals surface area contributed by atoms with Gasteiger partial charge in [0.1, 0.15) is 0 Å². The lowest BCUT2D eigenvalue weighted by molar-refractivity contribution is 0.152. The number of hydrogen-bond donors (Lipinski definition) is 1. The topological polar surface area (TPSA) is 21.3 Å². The summed E-state index contributed by atoms with van der Waals surface area (Å²) in [5.74, 6) is 0.706. The molecule has 0 aliphatic heterocycles. The molecule has 0 radical (unpaired) electrons. The molecule has 1 aromatic carbocycles. The molecule has 2 rings (SSSR count). The van der Waals surface area contributed by atoms with E-state index in [-0.39, 0.29) is 0 Å². The molecule has 1 unspecified atom stereocenters. The van der Waals surface area contributed by atoms with Gasteiger partial charge in [-0.1, -0.05) is 34.1 Å². The van der Waals surface area contributed by atoms with Gasteiger partial charge in [0.2, 0.25) is 0 Å². The number of methoxy groups -OCH3 is 1. The molecule has 3 heteroatoms. The molecule has 0 bridgehead atoms. The number of benzene rings is 1. The van der Waals surface area contributed by atoms with Gasteiger partial charge in [-0.2, -0.15) is 0 Å². The summed E-state index contributed by atoms with van der Waals surface area (Å²) >= 11 is 3.63. The lowest BCUT2D eigenvalue weighted by Crippen LogP contribution is -2.46. The highest BCUT2D eigenvalue weighted by atomic mass is 79.9. The van der Waals surface area contributed by atoms with Crippen molar-refractivity contribution in [1.82, 2.24) is 5.32 Å². The Morgan fingerprint density at radius 1 is 1.41 bits per heavy atom. The minimum absolute atomic E-state index is 0.449. The molecular formula is C14H20BrNO. The maximum atomic E-state index is 5.13. The molecule has 2 nitrogen and oxygen atoms in total. The maximum Gasteiger partial charge on any atom is 0.0613 e. The predicted octanol–water partition coefficient (Wildman–Crippen LogP) is 3.32. The van der Waals surface area contributed by atoms with Crippen LogP contribution in [0.5, 0.6) is 0 Å². The van der Waals surface area contributed by atoms with Gasteiger partial charge in [0, 0.05) is 23.7 Å². The first-order valence-corrected chi connectivity index (χ1v) is 6.99. The zero-order chi connectivity index (χ0) is 12.3. The van der Waals surface area contributed by atoms with Crippen molar-refractivity contribution in [2.45, 2.75) is 37.8 Å². The SMILES string of the molecule is COCC(C)NC1CC(c2ccccc2Br)C1. The van der Waals surface area contributed by atoms with Gasteiger partial charge in [-0.15, -0.1) is 0 Å². The van der Waals surface area contributed by atoms with Crippen LogP contribution in [0.15, 0.2) is 28.7 Å². The van der Waals surface area contributed by atoms with Crippen LogP contribution in [0.25, 0.3) is 0 Å². The van der Waals surface area contributed by atoms with Crippen LogP contribution in [0.1, 0.15) is 31.2 Å². The van der Waals surface area contributed by atoms with Crippen LogP contribution in [-0.2, 0) is 4.74 Å². The summed E-state index contributed by atoms with van der Waals surface area (Å²) < 4.78 is 6.38. The Kier molecular flexibility index (Phi) is 4.60. The highest BCUT2D eigenvalue weighted by Gasteiger charge is 2.31. The second-order valence-electron chi connectivity index (χ2n) is 4.91. The summed E-state index contributed by atoms with van der Waals surface area (Å²) in [6, 6.07) is 9.65. The van der Waals surface area contributed by atoms with Crippen LogP contribution in [0, 0.1) is 0 Å². The summed E-state index contributed by atoms with van der Waals surface area (Å²) in [6.07, 6.45) is 2.47. The molecule has 1 aliphatic rings. The van der Waals surface area contributed by atoms with E-state index in [0.717, 1.165) is 6.61 Å². The average molecular weight is 298 g/mol. The van der Waals surface area contributed by atoms with Crippen molar-refractivity contribution in [1.29, 1.82) is 0 Å². The Morgan fingerprint density at radius 3 is 2.76 bits per heavy atom. The van der Waals surface area contributed by atoms with Gasteiger partial charge in [0.25, 0.3) is 0 Å². The summed E-state index contributed by atoms with van der Waals surface area (Å²) in [5, 5.41) is 3.60. The van der Waals surface area contributed by atoms with E-state index < -0.39 is 0 Å². The van der Waals surface area contributed by atoms with E-state index >= 15 is 0 Å². The molecule has 17 heavy (non-hydrogen) atoms. The van der Waals surface area contributed by atoms with Crippen LogP contribution >= 0.6 is 15.9 Å². The Morgan fingerprint density at radius 2 is 2.12 bits per heavy atom. The molecule has 1 atom stereocenters. The predicted molar refractivity (Wildman–Crippen MR) is 74.4 cm³/mol. The number of hydrogen-bond acceptors (Lipinski definition) is 2. The van der Waals surface area contributed by atoms with Gasteiger partial charge in [-0.05, 0) is 37.3 Å². The first kappa shape index (κ1) is 13.1. The quantitative estimate of drug-likeness (QED) is 0.900. The molecule has 1 aromatic rings. The third-order valence-corrected chi connectivity index (χ3v) is 4.14. The van der Waals surface area contributed by atoms with Crippen molar-refractivity contribution in [2.75, 3.05) is 13.7 Å². The number of rotatable bonds is 5. The highest BCUT2D eigenvalue weighted by Crippen LogP contribution is 2.40. The monoisotopic (exact) mass is 297 g/mol. The third-order valence-electron chi connectivity index (χ3n) is 3.42. The summed E-state index contributed by atoms with van der Waals surface area (Å²) in [4.78, 5) is 0. The van der Waals surface area contributed by atoms with Crippen molar-refractivity contribution in [3.05, 3.63) is 34.3 Å². The summed E-state index contributed by atoms with van der Waals surface area (Å²) in [7, 11) is 1.75. The van der Waals surface area contributed by atoms with E-state index in [4.69, 9.17) is 4.74 Å². The van der Waals surface area contributed by atoms with E-state index in [1.807, 2.05) is 0 Å². The molecule has 1 saturated carbocycles. The highest BCUT2D eigenvalue weighted by molar-refractivity contribution is 9.10. The molecule has 0 heterocycles. The fraction of sp³-hybridized carbons (Fsp3) is 0.571.